The van der Waals surface area contributed by atoms with Crippen LogP contribution in [-0.4, -0.2) is 30.1 Å². The second kappa shape index (κ2) is 6.08. The lowest BCUT2D eigenvalue weighted by atomic mass is 9.96. The van der Waals surface area contributed by atoms with Crippen molar-refractivity contribution in [3.63, 3.8) is 0 Å². The molecule has 8 heteroatoms. The molecule has 0 aliphatic heterocycles. The summed E-state index contributed by atoms with van der Waals surface area (Å²) >= 11 is 0. The Hall–Kier alpha value is -3.42. The third-order valence-corrected chi connectivity index (χ3v) is 5.08. The largest absolute Gasteiger partial charge is 0.368 e. The van der Waals surface area contributed by atoms with Gasteiger partial charge >= 0.3 is 0 Å². The molecule has 0 bridgehead atoms. The molecule has 0 amide bonds. The number of pyridine rings is 1. The predicted octanol–water partition coefficient (Wildman–Crippen LogP) is 3.43. The number of aromatic nitrogens is 6. The number of hydrogen-bond acceptors (Lipinski definition) is 6. The standard InChI is InChI=1S/C19H20N8/c1-10(17-12-4-6-21-14(12)5-7-22-17)13-9-23-19(20)25-18(13)24-16-8-15(26-27-16)11-2-3-11/h4-11,21H,2-3H2,1H3,(H4,20,23,24,25,26,27)/t10-/m0/s1. The zero-order chi connectivity index (χ0) is 18.4. The summed E-state index contributed by atoms with van der Waals surface area (Å²) in [7, 11) is 0. The van der Waals surface area contributed by atoms with E-state index < -0.39 is 0 Å². The first-order valence-electron chi connectivity index (χ1n) is 9.06. The van der Waals surface area contributed by atoms with E-state index in [-0.39, 0.29) is 11.9 Å². The van der Waals surface area contributed by atoms with Gasteiger partial charge in [0, 0.05) is 58.7 Å². The summed E-state index contributed by atoms with van der Waals surface area (Å²) in [5.74, 6) is 2.19. The van der Waals surface area contributed by atoms with Crippen LogP contribution in [0.4, 0.5) is 17.6 Å². The van der Waals surface area contributed by atoms with Crippen molar-refractivity contribution in [2.75, 3.05) is 11.1 Å². The van der Waals surface area contributed by atoms with E-state index in [4.69, 9.17) is 5.73 Å². The quantitative estimate of drug-likeness (QED) is 0.433. The number of rotatable bonds is 5. The summed E-state index contributed by atoms with van der Waals surface area (Å²) < 4.78 is 0. The molecule has 5 rings (SSSR count). The van der Waals surface area contributed by atoms with Gasteiger partial charge in [-0.2, -0.15) is 10.1 Å². The van der Waals surface area contributed by atoms with Gasteiger partial charge < -0.3 is 16.0 Å². The highest BCUT2D eigenvalue weighted by Crippen LogP contribution is 2.40. The molecule has 0 aromatic carbocycles. The minimum atomic E-state index is -0.0190. The molecule has 4 heterocycles. The molecule has 0 saturated heterocycles. The Morgan fingerprint density at radius 1 is 1.26 bits per heavy atom. The number of nitrogens with zero attached hydrogens (tertiary/aromatic N) is 4. The molecule has 4 aromatic rings. The van der Waals surface area contributed by atoms with Crippen LogP contribution in [-0.2, 0) is 0 Å². The van der Waals surface area contributed by atoms with Crippen LogP contribution >= 0.6 is 0 Å². The molecule has 136 valence electrons. The summed E-state index contributed by atoms with van der Waals surface area (Å²) in [5, 5.41) is 11.8. The lowest BCUT2D eigenvalue weighted by molar-refractivity contribution is 0.869. The molecule has 0 spiro atoms. The molecule has 1 fully saturated rings. The molecule has 0 unspecified atom stereocenters. The van der Waals surface area contributed by atoms with Crippen LogP contribution < -0.4 is 11.1 Å². The minimum absolute atomic E-state index is 0.0190. The van der Waals surface area contributed by atoms with E-state index in [1.165, 1.54) is 12.8 Å². The highest BCUT2D eigenvalue weighted by atomic mass is 15.2. The van der Waals surface area contributed by atoms with Gasteiger partial charge in [0.05, 0.1) is 5.69 Å². The van der Waals surface area contributed by atoms with Crippen molar-refractivity contribution in [2.45, 2.75) is 31.6 Å². The van der Waals surface area contributed by atoms with Crippen LogP contribution in [0.1, 0.15) is 48.6 Å². The monoisotopic (exact) mass is 360 g/mol. The average Bonchev–Trinajstić information content (AvgIpc) is 3.22. The number of aromatic amines is 2. The predicted molar refractivity (Wildman–Crippen MR) is 104 cm³/mol. The topological polar surface area (TPSA) is 121 Å². The van der Waals surface area contributed by atoms with Crippen LogP contribution in [0.3, 0.4) is 0 Å². The molecular formula is C19H20N8. The Bertz CT molecular complexity index is 1110. The lowest BCUT2D eigenvalue weighted by Crippen LogP contribution is -2.08. The maximum absolute atomic E-state index is 5.85. The highest BCUT2D eigenvalue weighted by Gasteiger charge is 2.26. The number of fused-ring (bicyclic) bond motifs is 1. The average molecular weight is 360 g/mol. The molecule has 8 nitrogen and oxygen atoms in total. The zero-order valence-corrected chi connectivity index (χ0v) is 14.9. The smallest absolute Gasteiger partial charge is 0.221 e. The fourth-order valence-electron chi connectivity index (χ4n) is 3.44. The highest BCUT2D eigenvalue weighted by molar-refractivity contribution is 5.82. The van der Waals surface area contributed by atoms with Crippen molar-refractivity contribution < 1.29 is 0 Å². The van der Waals surface area contributed by atoms with Crippen LogP contribution in [0.25, 0.3) is 10.9 Å². The van der Waals surface area contributed by atoms with Gasteiger partial charge in [0.1, 0.15) is 5.82 Å². The summed E-state index contributed by atoms with van der Waals surface area (Å²) in [5.41, 5.74) is 9.94. The summed E-state index contributed by atoms with van der Waals surface area (Å²) in [6.07, 6.45) is 7.93. The van der Waals surface area contributed by atoms with Crippen molar-refractivity contribution in [2.24, 2.45) is 0 Å². The Balaban J connectivity index is 1.52. The van der Waals surface area contributed by atoms with Gasteiger partial charge in [-0.05, 0) is 25.0 Å². The Kier molecular flexibility index (Phi) is 3.56. The van der Waals surface area contributed by atoms with E-state index in [0.717, 1.165) is 33.7 Å². The van der Waals surface area contributed by atoms with Gasteiger partial charge in [0.25, 0.3) is 0 Å². The van der Waals surface area contributed by atoms with Gasteiger partial charge in [-0.1, -0.05) is 6.92 Å². The second-order valence-electron chi connectivity index (χ2n) is 7.00. The Morgan fingerprint density at radius 3 is 3.00 bits per heavy atom. The third kappa shape index (κ3) is 2.88. The van der Waals surface area contributed by atoms with E-state index in [2.05, 4.69) is 42.4 Å². The molecule has 1 saturated carbocycles. The van der Waals surface area contributed by atoms with Gasteiger partial charge in [-0.25, -0.2) is 4.98 Å². The number of hydrogen-bond donors (Lipinski definition) is 4. The molecule has 1 aliphatic rings. The first-order valence-corrected chi connectivity index (χ1v) is 9.06. The molecule has 4 aromatic heterocycles. The van der Waals surface area contributed by atoms with Crippen molar-refractivity contribution in [1.82, 2.24) is 30.1 Å². The number of nitrogens with one attached hydrogen (secondary N) is 3. The van der Waals surface area contributed by atoms with Crippen LogP contribution in [0, 0.1) is 0 Å². The van der Waals surface area contributed by atoms with E-state index in [1.807, 2.05) is 30.6 Å². The number of H-pyrrole nitrogens is 2. The van der Waals surface area contributed by atoms with Gasteiger partial charge in [-0.15, -0.1) is 0 Å². The summed E-state index contributed by atoms with van der Waals surface area (Å²) in [4.78, 5) is 16.5. The van der Waals surface area contributed by atoms with Crippen molar-refractivity contribution in [1.29, 1.82) is 0 Å². The van der Waals surface area contributed by atoms with Gasteiger partial charge in [-0.3, -0.25) is 10.1 Å². The van der Waals surface area contributed by atoms with Gasteiger partial charge in [0.2, 0.25) is 5.95 Å². The van der Waals surface area contributed by atoms with Gasteiger partial charge in [0.15, 0.2) is 5.82 Å². The third-order valence-electron chi connectivity index (χ3n) is 5.08. The van der Waals surface area contributed by atoms with E-state index in [1.54, 1.807) is 6.20 Å². The normalized spacial score (nSPS) is 15.1. The lowest BCUT2D eigenvalue weighted by Gasteiger charge is -2.16. The van der Waals surface area contributed by atoms with Crippen LogP contribution in [0.2, 0.25) is 0 Å². The maximum Gasteiger partial charge on any atom is 0.221 e. The molecule has 1 atom stereocenters. The Morgan fingerprint density at radius 2 is 2.15 bits per heavy atom. The molecule has 5 N–H and O–H groups in total. The molecule has 27 heavy (non-hydrogen) atoms. The van der Waals surface area contributed by atoms with E-state index >= 15 is 0 Å². The molecular weight excluding hydrogens is 340 g/mol. The second-order valence-corrected chi connectivity index (χ2v) is 7.00. The van der Waals surface area contributed by atoms with Crippen LogP contribution in [0.15, 0.2) is 36.8 Å². The van der Waals surface area contributed by atoms with E-state index in [0.29, 0.717) is 11.7 Å². The Labute approximate surface area is 155 Å². The van der Waals surface area contributed by atoms with Crippen LogP contribution in [0.5, 0.6) is 0 Å². The SMILES string of the molecule is C[C@@H](c1cnc(N)nc1Nc1cc(C2CC2)[nH]n1)c1nccc2[nH]ccc12. The fraction of sp³-hybridized carbons (Fsp3) is 0.263. The van der Waals surface area contributed by atoms with Crippen molar-refractivity contribution in [3.05, 3.63) is 53.7 Å². The summed E-state index contributed by atoms with van der Waals surface area (Å²) in [6.45, 7) is 2.09. The number of nitrogen functional groups attached to an aromatic ring is 1. The molecule has 0 radical (unpaired) electrons. The minimum Gasteiger partial charge on any atom is -0.368 e. The fourth-order valence-corrected chi connectivity index (χ4v) is 3.44. The first kappa shape index (κ1) is 15.8. The van der Waals surface area contributed by atoms with E-state index in [9.17, 15) is 0 Å². The summed E-state index contributed by atoms with van der Waals surface area (Å²) in [6, 6.07) is 6.04. The maximum atomic E-state index is 5.85. The first-order chi connectivity index (χ1) is 13.2. The zero-order valence-electron chi connectivity index (χ0n) is 14.9. The van der Waals surface area contributed by atoms with Crippen molar-refractivity contribution in [3.8, 4) is 0 Å². The molecule has 1 aliphatic carbocycles. The number of nitrogens with two attached hydrogens (primary N) is 1. The van der Waals surface area contributed by atoms with Crippen molar-refractivity contribution >= 4 is 28.5 Å². The number of anilines is 3.